The number of hydrogen-bond donors (Lipinski definition) is 1. The first-order valence-electron chi connectivity index (χ1n) is 9.63. The van der Waals surface area contributed by atoms with Gasteiger partial charge in [0.25, 0.3) is 0 Å². The van der Waals surface area contributed by atoms with Gasteiger partial charge in [0.2, 0.25) is 5.13 Å². The van der Waals surface area contributed by atoms with Crippen molar-refractivity contribution in [3.8, 4) is 0 Å². The monoisotopic (exact) mass is 398 g/mol. The molecule has 8 nitrogen and oxygen atoms in total. The van der Waals surface area contributed by atoms with Crippen LogP contribution in [0.15, 0.2) is 29.3 Å². The molecule has 0 radical (unpaired) electrons. The molecule has 1 N–H and O–H groups in total. The molecule has 3 heterocycles. The first-order chi connectivity index (χ1) is 13.7. The Morgan fingerprint density at radius 3 is 2.64 bits per heavy atom. The van der Waals surface area contributed by atoms with E-state index < -0.39 is 0 Å². The maximum Gasteiger partial charge on any atom is 0.205 e. The van der Waals surface area contributed by atoms with Crippen molar-refractivity contribution in [1.82, 2.24) is 29.1 Å². The summed E-state index contributed by atoms with van der Waals surface area (Å²) in [4.78, 5) is 18.4. The minimum absolute atomic E-state index is 0.647. The Morgan fingerprint density at radius 1 is 1.18 bits per heavy atom. The van der Waals surface area contributed by atoms with Crippen LogP contribution in [0.1, 0.15) is 18.6 Å². The zero-order valence-electron chi connectivity index (χ0n) is 16.6. The lowest BCUT2D eigenvalue weighted by Crippen LogP contribution is -2.52. The second-order valence-corrected chi connectivity index (χ2v) is 7.53. The Hall–Kier alpha value is -2.68. The largest absolute Gasteiger partial charge is 0.349 e. The van der Waals surface area contributed by atoms with Crippen LogP contribution in [0.4, 0.5) is 5.13 Å². The molecule has 1 aliphatic rings. The Balaban J connectivity index is 1.36. The van der Waals surface area contributed by atoms with E-state index in [2.05, 4.69) is 54.1 Å². The standard InChI is InChI=1S/C19H26N8S/c1-4-16-23-19(28-24-16)27-11-9-26(10-12-27)18(20-2)21-13-17-22-14-7-5-6-8-15(14)25(17)3/h5-8H,4,9-13H2,1-3H3,(H,20,21). The van der Waals surface area contributed by atoms with E-state index in [0.717, 1.165) is 66.4 Å². The van der Waals surface area contributed by atoms with Gasteiger partial charge in [-0.1, -0.05) is 19.1 Å². The lowest BCUT2D eigenvalue weighted by atomic mass is 10.3. The van der Waals surface area contributed by atoms with Gasteiger partial charge in [-0.2, -0.15) is 4.37 Å². The average Bonchev–Trinajstić information content (AvgIpc) is 3.34. The number of piperazine rings is 1. The van der Waals surface area contributed by atoms with E-state index in [1.807, 2.05) is 25.2 Å². The third kappa shape index (κ3) is 3.66. The number of imidazole rings is 1. The van der Waals surface area contributed by atoms with E-state index in [1.165, 1.54) is 11.5 Å². The van der Waals surface area contributed by atoms with E-state index in [9.17, 15) is 0 Å². The van der Waals surface area contributed by atoms with Crippen molar-refractivity contribution in [3.05, 3.63) is 35.9 Å². The fourth-order valence-electron chi connectivity index (χ4n) is 3.47. The molecule has 1 aromatic carbocycles. The second-order valence-electron chi connectivity index (χ2n) is 6.80. The molecular weight excluding hydrogens is 372 g/mol. The van der Waals surface area contributed by atoms with Gasteiger partial charge < -0.3 is 19.7 Å². The van der Waals surface area contributed by atoms with Gasteiger partial charge >= 0.3 is 0 Å². The fraction of sp³-hybridized carbons (Fsp3) is 0.474. The predicted molar refractivity (Wildman–Crippen MR) is 114 cm³/mol. The van der Waals surface area contributed by atoms with Crippen LogP contribution in [0.2, 0.25) is 0 Å². The summed E-state index contributed by atoms with van der Waals surface area (Å²) in [5.41, 5.74) is 2.17. The minimum atomic E-state index is 0.647. The zero-order chi connectivity index (χ0) is 19.5. The average molecular weight is 399 g/mol. The number of nitrogens with one attached hydrogen (secondary N) is 1. The fourth-order valence-corrected chi connectivity index (χ4v) is 4.27. The Labute approximate surface area is 169 Å². The van der Waals surface area contributed by atoms with E-state index in [0.29, 0.717) is 6.54 Å². The molecule has 4 rings (SSSR count). The molecule has 3 aromatic rings. The summed E-state index contributed by atoms with van der Waals surface area (Å²) in [6.07, 6.45) is 0.884. The number of fused-ring (bicyclic) bond motifs is 1. The predicted octanol–water partition coefficient (Wildman–Crippen LogP) is 1.88. The van der Waals surface area contributed by atoms with Crippen molar-refractivity contribution >= 4 is 33.7 Å². The third-order valence-electron chi connectivity index (χ3n) is 5.12. The molecule has 0 atom stereocenters. The maximum absolute atomic E-state index is 4.73. The Bertz CT molecular complexity index is 967. The van der Waals surface area contributed by atoms with Gasteiger partial charge in [-0.3, -0.25) is 4.99 Å². The van der Waals surface area contributed by atoms with Crippen LogP contribution in [-0.2, 0) is 20.0 Å². The summed E-state index contributed by atoms with van der Waals surface area (Å²) in [7, 11) is 3.89. The first-order valence-corrected chi connectivity index (χ1v) is 10.4. The maximum atomic E-state index is 4.73. The lowest BCUT2D eigenvalue weighted by molar-refractivity contribution is 0.371. The highest BCUT2D eigenvalue weighted by Gasteiger charge is 2.22. The molecule has 0 saturated carbocycles. The lowest BCUT2D eigenvalue weighted by Gasteiger charge is -2.36. The van der Waals surface area contributed by atoms with Gasteiger partial charge in [0.05, 0.1) is 17.6 Å². The van der Waals surface area contributed by atoms with Crippen LogP contribution >= 0.6 is 11.5 Å². The molecule has 0 bridgehead atoms. The van der Waals surface area contributed by atoms with Crippen LogP contribution < -0.4 is 10.2 Å². The van der Waals surface area contributed by atoms with Crippen molar-refractivity contribution in [2.45, 2.75) is 19.9 Å². The van der Waals surface area contributed by atoms with Crippen LogP contribution in [0.5, 0.6) is 0 Å². The van der Waals surface area contributed by atoms with Gasteiger partial charge in [-0.15, -0.1) is 0 Å². The number of aromatic nitrogens is 4. The quantitative estimate of drug-likeness (QED) is 0.534. The summed E-state index contributed by atoms with van der Waals surface area (Å²) < 4.78 is 6.53. The van der Waals surface area contributed by atoms with Crippen molar-refractivity contribution in [2.24, 2.45) is 12.0 Å². The number of aliphatic imine (C=N–C) groups is 1. The van der Waals surface area contributed by atoms with E-state index in [-0.39, 0.29) is 0 Å². The van der Waals surface area contributed by atoms with Crippen molar-refractivity contribution < 1.29 is 0 Å². The molecular formula is C19H26N8S. The van der Waals surface area contributed by atoms with Gasteiger partial charge in [-0.25, -0.2) is 9.97 Å². The van der Waals surface area contributed by atoms with Gasteiger partial charge in [-0.05, 0) is 12.1 Å². The summed E-state index contributed by atoms with van der Waals surface area (Å²) in [5, 5.41) is 4.50. The minimum Gasteiger partial charge on any atom is -0.349 e. The van der Waals surface area contributed by atoms with Gasteiger partial charge in [0, 0.05) is 58.2 Å². The number of aryl methyl sites for hydroxylation is 2. The number of guanidine groups is 1. The summed E-state index contributed by atoms with van der Waals surface area (Å²) in [6.45, 7) is 6.39. The molecule has 1 fully saturated rings. The number of anilines is 1. The highest BCUT2D eigenvalue weighted by Crippen LogP contribution is 2.19. The van der Waals surface area contributed by atoms with E-state index in [4.69, 9.17) is 4.98 Å². The van der Waals surface area contributed by atoms with Crippen molar-refractivity contribution in [2.75, 3.05) is 38.1 Å². The molecule has 0 amide bonds. The Kier molecular flexibility index (Phi) is 5.43. The molecule has 28 heavy (non-hydrogen) atoms. The van der Waals surface area contributed by atoms with Crippen molar-refractivity contribution in [3.63, 3.8) is 0 Å². The van der Waals surface area contributed by atoms with Crippen LogP contribution in [0, 0.1) is 0 Å². The number of nitrogens with zero attached hydrogens (tertiary/aromatic N) is 7. The first kappa shape index (κ1) is 18.7. The van der Waals surface area contributed by atoms with Crippen molar-refractivity contribution in [1.29, 1.82) is 0 Å². The number of hydrogen-bond acceptors (Lipinski definition) is 6. The van der Waals surface area contributed by atoms with E-state index in [1.54, 1.807) is 0 Å². The van der Waals surface area contributed by atoms with Crippen LogP contribution in [0.25, 0.3) is 11.0 Å². The van der Waals surface area contributed by atoms with Gasteiger partial charge in [0.1, 0.15) is 11.6 Å². The van der Waals surface area contributed by atoms with Crippen LogP contribution in [0.3, 0.4) is 0 Å². The highest BCUT2D eigenvalue weighted by molar-refractivity contribution is 7.09. The number of para-hydroxylation sites is 2. The normalized spacial score (nSPS) is 15.5. The summed E-state index contributed by atoms with van der Waals surface area (Å²) in [5.74, 6) is 2.85. The molecule has 1 saturated heterocycles. The molecule has 0 unspecified atom stereocenters. The molecule has 0 aliphatic carbocycles. The summed E-state index contributed by atoms with van der Waals surface area (Å²) >= 11 is 1.50. The smallest absolute Gasteiger partial charge is 0.205 e. The SMILES string of the molecule is CCc1nsc(N2CCN(C(=NC)NCc3nc4ccccc4n3C)CC2)n1. The summed E-state index contributed by atoms with van der Waals surface area (Å²) in [6, 6.07) is 8.20. The number of rotatable bonds is 4. The zero-order valence-corrected chi connectivity index (χ0v) is 17.4. The van der Waals surface area contributed by atoms with Gasteiger partial charge in [0.15, 0.2) is 5.96 Å². The Morgan fingerprint density at radius 2 is 1.96 bits per heavy atom. The molecule has 9 heteroatoms. The third-order valence-corrected chi connectivity index (χ3v) is 5.93. The topological polar surface area (TPSA) is 74.5 Å². The molecule has 0 spiro atoms. The van der Waals surface area contributed by atoms with E-state index >= 15 is 0 Å². The molecule has 148 valence electrons. The molecule has 1 aliphatic heterocycles. The second kappa shape index (κ2) is 8.14. The number of benzene rings is 1. The highest BCUT2D eigenvalue weighted by atomic mass is 32.1. The molecule has 2 aromatic heterocycles. The van der Waals surface area contributed by atoms with Crippen LogP contribution in [-0.4, -0.2) is 63.0 Å².